The zero-order valence-electron chi connectivity index (χ0n) is 17.4. The van der Waals surface area contributed by atoms with Gasteiger partial charge in [-0.05, 0) is 66.7 Å². The summed E-state index contributed by atoms with van der Waals surface area (Å²) in [5.74, 6) is -0.0310. The second kappa shape index (κ2) is 7.39. The van der Waals surface area contributed by atoms with Crippen LogP contribution in [0.15, 0.2) is 57.4 Å². The van der Waals surface area contributed by atoms with Gasteiger partial charge in [0.05, 0.1) is 15.9 Å². The minimum Gasteiger partial charge on any atom is -0.410 e. The molecular formula is C22H30O4SSi. The van der Waals surface area contributed by atoms with Crippen LogP contribution in [-0.2, 0) is 19.1 Å². The zero-order chi connectivity index (χ0) is 20.7. The first-order valence-electron chi connectivity index (χ1n) is 9.88. The van der Waals surface area contributed by atoms with Crippen molar-refractivity contribution in [3.05, 3.63) is 52.5 Å². The third kappa shape index (κ3) is 3.95. The number of benzene rings is 1. The van der Waals surface area contributed by atoms with E-state index >= 15 is 0 Å². The number of carbonyl (C=O) groups is 1. The Labute approximate surface area is 169 Å². The van der Waals surface area contributed by atoms with E-state index < -0.39 is 18.2 Å². The molecule has 1 aromatic rings. The zero-order valence-corrected chi connectivity index (χ0v) is 19.2. The van der Waals surface area contributed by atoms with Crippen molar-refractivity contribution in [3.8, 4) is 0 Å². The van der Waals surface area contributed by atoms with Crippen LogP contribution in [0.4, 0.5) is 0 Å². The predicted molar refractivity (Wildman–Crippen MR) is 114 cm³/mol. The third-order valence-corrected chi connectivity index (χ3v) is 12.7. The number of ketones is 1. The van der Waals surface area contributed by atoms with Crippen molar-refractivity contribution in [2.45, 2.75) is 75.6 Å². The highest BCUT2D eigenvalue weighted by atomic mass is 32.2. The quantitative estimate of drug-likeness (QED) is 0.632. The number of fused-ring (bicyclic) bond motifs is 1. The Bertz CT molecular complexity index is 934. The second-order valence-corrected chi connectivity index (χ2v) is 15.9. The fourth-order valence-electron chi connectivity index (χ4n) is 3.58. The Morgan fingerprint density at radius 1 is 1.11 bits per heavy atom. The van der Waals surface area contributed by atoms with E-state index in [2.05, 4.69) is 33.9 Å². The highest BCUT2D eigenvalue weighted by Gasteiger charge is 2.42. The van der Waals surface area contributed by atoms with Crippen LogP contribution < -0.4 is 0 Å². The van der Waals surface area contributed by atoms with Gasteiger partial charge in [0.1, 0.15) is 0 Å². The molecule has 0 aromatic heterocycles. The summed E-state index contributed by atoms with van der Waals surface area (Å²) in [6, 6.07) is 8.51. The van der Waals surface area contributed by atoms with Gasteiger partial charge in [-0.25, -0.2) is 8.42 Å². The van der Waals surface area contributed by atoms with Crippen molar-refractivity contribution in [2.24, 2.45) is 0 Å². The van der Waals surface area contributed by atoms with E-state index in [4.69, 9.17) is 4.43 Å². The lowest BCUT2D eigenvalue weighted by Crippen LogP contribution is -2.44. The van der Waals surface area contributed by atoms with Crippen LogP contribution in [0.5, 0.6) is 0 Å². The molecule has 152 valence electrons. The highest BCUT2D eigenvalue weighted by Crippen LogP contribution is 2.44. The maximum atomic E-state index is 13.3. The maximum Gasteiger partial charge on any atom is 0.203 e. The smallest absolute Gasteiger partial charge is 0.203 e. The minimum absolute atomic E-state index is 0.0310. The van der Waals surface area contributed by atoms with E-state index in [0.717, 1.165) is 18.4 Å². The molecule has 28 heavy (non-hydrogen) atoms. The van der Waals surface area contributed by atoms with Crippen LogP contribution >= 0.6 is 0 Å². The van der Waals surface area contributed by atoms with Crippen molar-refractivity contribution in [3.63, 3.8) is 0 Å². The summed E-state index contributed by atoms with van der Waals surface area (Å²) in [5.41, 5.74) is 1.47. The summed E-state index contributed by atoms with van der Waals surface area (Å²) in [6.45, 7) is 10.9. The topological polar surface area (TPSA) is 60.4 Å². The number of sulfone groups is 1. The average Bonchev–Trinajstić information content (AvgIpc) is 2.90. The third-order valence-electron chi connectivity index (χ3n) is 6.19. The van der Waals surface area contributed by atoms with E-state index in [1.807, 2.05) is 0 Å². The first kappa shape index (κ1) is 21.2. The first-order chi connectivity index (χ1) is 12.9. The van der Waals surface area contributed by atoms with E-state index in [-0.39, 0.29) is 23.3 Å². The minimum atomic E-state index is -3.62. The number of carbonyl (C=O) groups excluding carboxylic acids is 1. The molecule has 1 unspecified atom stereocenters. The number of hydrogen-bond donors (Lipinski definition) is 0. The SMILES string of the molecule is CC(C)(C)[Si](C)(C)OC1CCCC(S(=O)(=O)c2ccccc2)=C2CC(=O)C=C21. The molecule has 2 aliphatic carbocycles. The lowest BCUT2D eigenvalue weighted by Gasteiger charge is -2.39. The second-order valence-electron chi connectivity index (χ2n) is 9.22. The first-order valence-corrected chi connectivity index (χ1v) is 14.3. The molecule has 1 atom stereocenters. The van der Waals surface area contributed by atoms with Crippen molar-refractivity contribution in [2.75, 3.05) is 0 Å². The molecule has 0 bridgehead atoms. The number of allylic oxidation sites excluding steroid dienone is 2. The lowest BCUT2D eigenvalue weighted by atomic mass is 10.0. The van der Waals surface area contributed by atoms with Gasteiger partial charge in [-0.2, -0.15) is 0 Å². The molecule has 4 nitrogen and oxygen atoms in total. The van der Waals surface area contributed by atoms with Gasteiger partial charge >= 0.3 is 0 Å². The molecule has 0 heterocycles. The lowest BCUT2D eigenvalue weighted by molar-refractivity contribution is -0.113. The summed E-state index contributed by atoms with van der Waals surface area (Å²) in [4.78, 5) is 13.0. The number of hydrogen-bond acceptors (Lipinski definition) is 4. The molecule has 0 saturated carbocycles. The van der Waals surface area contributed by atoms with Crippen LogP contribution in [0.3, 0.4) is 0 Å². The normalized spacial score (nSPS) is 21.4. The van der Waals surface area contributed by atoms with Crippen LogP contribution in [-0.4, -0.2) is 28.6 Å². The summed E-state index contributed by atoms with van der Waals surface area (Å²) in [7, 11) is -5.67. The predicted octanol–water partition coefficient (Wildman–Crippen LogP) is 5.19. The molecular weight excluding hydrogens is 388 g/mol. The van der Waals surface area contributed by atoms with Gasteiger partial charge in [0, 0.05) is 6.42 Å². The summed E-state index contributed by atoms with van der Waals surface area (Å²) >= 11 is 0. The van der Waals surface area contributed by atoms with E-state index in [1.165, 1.54) is 0 Å². The molecule has 0 aliphatic heterocycles. The standard InChI is InChI=1S/C22H30O4SSi/c1-22(2,3)28(4,5)26-20-12-9-13-21(19-15-16(23)14-18(19)20)27(24,25)17-10-7-6-8-11-17/h6-8,10-11,14,20H,9,12-13,15H2,1-5H3. The monoisotopic (exact) mass is 418 g/mol. The molecule has 6 heteroatoms. The molecule has 0 amide bonds. The molecule has 0 saturated heterocycles. The van der Waals surface area contributed by atoms with Gasteiger partial charge in [0.25, 0.3) is 0 Å². The van der Waals surface area contributed by atoms with Gasteiger partial charge in [-0.3, -0.25) is 4.79 Å². The van der Waals surface area contributed by atoms with Crippen LogP contribution in [0.2, 0.25) is 18.1 Å². The van der Waals surface area contributed by atoms with Crippen LogP contribution in [0.1, 0.15) is 46.5 Å². The largest absolute Gasteiger partial charge is 0.410 e. The molecule has 3 rings (SSSR count). The molecule has 0 radical (unpaired) electrons. The Morgan fingerprint density at radius 3 is 2.36 bits per heavy atom. The molecule has 1 aromatic carbocycles. The van der Waals surface area contributed by atoms with E-state index in [1.54, 1.807) is 36.4 Å². The Hall–Kier alpha value is -1.50. The van der Waals surface area contributed by atoms with Crippen molar-refractivity contribution < 1.29 is 17.6 Å². The fraction of sp³-hybridized carbons (Fsp3) is 0.500. The van der Waals surface area contributed by atoms with Crippen molar-refractivity contribution in [1.29, 1.82) is 0 Å². The Morgan fingerprint density at radius 2 is 1.75 bits per heavy atom. The van der Waals surface area contributed by atoms with Crippen molar-refractivity contribution in [1.82, 2.24) is 0 Å². The average molecular weight is 419 g/mol. The van der Waals surface area contributed by atoms with Gasteiger partial charge in [-0.15, -0.1) is 0 Å². The van der Waals surface area contributed by atoms with Gasteiger partial charge in [0.2, 0.25) is 9.84 Å². The van der Waals surface area contributed by atoms with Crippen LogP contribution in [0.25, 0.3) is 0 Å². The summed E-state index contributed by atoms with van der Waals surface area (Å²) < 4.78 is 33.3. The van der Waals surface area contributed by atoms with Gasteiger partial charge < -0.3 is 4.43 Å². The molecule has 0 spiro atoms. The van der Waals surface area contributed by atoms with E-state index in [0.29, 0.717) is 21.8 Å². The van der Waals surface area contributed by atoms with E-state index in [9.17, 15) is 13.2 Å². The van der Waals surface area contributed by atoms with Gasteiger partial charge in [-0.1, -0.05) is 39.0 Å². The highest BCUT2D eigenvalue weighted by molar-refractivity contribution is 7.95. The van der Waals surface area contributed by atoms with Crippen LogP contribution in [0, 0.1) is 0 Å². The number of rotatable bonds is 4. The maximum absolute atomic E-state index is 13.3. The Balaban J connectivity index is 2.05. The Kier molecular flexibility index (Phi) is 5.60. The summed E-state index contributed by atoms with van der Waals surface area (Å²) in [5, 5.41) is 0.0469. The molecule has 0 N–H and O–H groups in total. The molecule has 0 fully saturated rings. The molecule has 2 aliphatic rings. The van der Waals surface area contributed by atoms with Crippen molar-refractivity contribution >= 4 is 23.9 Å². The van der Waals surface area contributed by atoms with Gasteiger partial charge in [0.15, 0.2) is 14.1 Å². The fourth-order valence-corrected chi connectivity index (χ4v) is 6.62. The summed E-state index contributed by atoms with van der Waals surface area (Å²) in [6.07, 6.45) is 3.51.